The zero-order valence-corrected chi connectivity index (χ0v) is 12.9. The molecule has 6 heteroatoms. The van der Waals surface area contributed by atoms with E-state index in [0.717, 1.165) is 0 Å². The van der Waals surface area contributed by atoms with Crippen LogP contribution in [0.25, 0.3) is 0 Å². The van der Waals surface area contributed by atoms with Gasteiger partial charge in [0.2, 0.25) is 0 Å². The van der Waals surface area contributed by atoms with Crippen molar-refractivity contribution in [2.24, 2.45) is 5.41 Å². The van der Waals surface area contributed by atoms with Crippen LogP contribution in [-0.4, -0.2) is 43.7 Å². The first-order chi connectivity index (χ1) is 9.16. The van der Waals surface area contributed by atoms with E-state index >= 15 is 0 Å². The maximum absolute atomic E-state index is 11.7. The molecule has 1 saturated heterocycles. The van der Waals surface area contributed by atoms with Gasteiger partial charge in [0.15, 0.2) is 5.79 Å². The lowest BCUT2D eigenvalue weighted by Gasteiger charge is -2.22. The van der Waals surface area contributed by atoms with Crippen LogP contribution in [-0.2, 0) is 28.5 Å². The predicted octanol–water partition coefficient (Wildman–Crippen LogP) is 1.66. The molecule has 0 aromatic carbocycles. The molecule has 1 heterocycles. The molecule has 2 unspecified atom stereocenters. The van der Waals surface area contributed by atoms with Crippen LogP contribution >= 0.6 is 0 Å². The van der Waals surface area contributed by atoms with Gasteiger partial charge in [-0.15, -0.1) is 0 Å². The van der Waals surface area contributed by atoms with Gasteiger partial charge in [-0.1, -0.05) is 0 Å². The van der Waals surface area contributed by atoms with Crippen molar-refractivity contribution in [1.29, 1.82) is 0 Å². The number of hydrogen-bond donors (Lipinski definition) is 0. The van der Waals surface area contributed by atoms with Gasteiger partial charge in [-0.2, -0.15) is 0 Å². The summed E-state index contributed by atoms with van der Waals surface area (Å²) in [6.07, 6.45) is -0.342. The van der Waals surface area contributed by atoms with E-state index in [1.165, 1.54) is 0 Å². The average molecular weight is 288 g/mol. The van der Waals surface area contributed by atoms with E-state index in [4.69, 9.17) is 18.9 Å². The lowest BCUT2D eigenvalue weighted by molar-refractivity contribution is -0.185. The number of hydrogen-bond acceptors (Lipinski definition) is 6. The Kier molecular flexibility index (Phi) is 5.53. The van der Waals surface area contributed by atoms with Crippen LogP contribution in [0.5, 0.6) is 0 Å². The van der Waals surface area contributed by atoms with Crippen LogP contribution in [0.4, 0.5) is 0 Å². The van der Waals surface area contributed by atoms with E-state index < -0.39 is 11.2 Å². The van der Waals surface area contributed by atoms with Gasteiger partial charge >= 0.3 is 11.9 Å². The van der Waals surface area contributed by atoms with Gasteiger partial charge in [-0.25, -0.2) is 0 Å². The normalized spacial score (nSPS) is 26.4. The molecule has 0 amide bonds. The Balaban J connectivity index is 2.39. The molecule has 1 fully saturated rings. The summed E-state index contributed by atoms with van der Waals surface area (Å²) in [5.74, 6) is -1.67. The zero-order chi connectivity index (χ0) is 15.4. The summed E-state index contributed by atoms with van der Waals surface area (Å²) in [5, 5.41) is 0. The lowest BCUT2D eigenvalue weighted by Crippen LogP contribution is -2.33. The highest BCUT2D eigenvalue weighted by molar-refractivity contribution is 5.75. The molecule has 0 N–H and O–H groups in total. The third-order valence-corrected chi connectivity index (χ3v) is 2.77. The largest absolute Gasteiger partial charge is 0.466 e. The fraction of sp³-hybridized carbons (Fsp3) is 0.857. The van der Waals surface area contributed by atoms with Crippen molar-refractivity contribution < 1.29 is 28.5 Å². The standard InChI is InChI=1S/C14H24O6/c1-6-17-11(15)7-14(5)19-9-10(20-14)8-18-12(16)13(2,3)4/h10H,6-9H2,1-5H3. The first kappa shape index (κ1) is 16.9. The molecule has 0 saturated carbocycles. The van der Waals surface area contributed by atoms with Crippen LogP contribution in [0.3, 0.4) is 0 Å². The highest BCUT2D eigenvalue weighted by atomic mass is 16.8. The fourth-order valence-corrected chi connectivity index (χ4v) is 1.72. The molecule has 116 valence electrons. The monoisotopic (exact) mass is 288 g/mol. The van der Waals surface area contributed by atoms with Crippen LogP contribution < -0.4 is 0 Å². The van der Waals surface area contributed by atoms with Gasteiger partial charge in [-0.3, -0.25) is 9.59 Å². The molecule has 1 aliphatic rings. The van der Waals surface area contributed by atoms with Crippen LogP contribution in [0, 0.1) is 5.41 Å². The second kappa shape index (κ2) is 6.54. The molecular formula is C14H24O6. The summed E-state index contributed by atoms with van der Waals surface area (Å²) in [6.45, 7) is 9.49. The molecule has 1 aliphatic heterocycles. The highest BCUT2D eigenvalue weighted by Crippen LogP contribution is 2.27. The van der Waals surface area contributed by atoms with Crippen molar-refractivity contribution in [1.82, 2.24) is 0 Å². The van der Waals surface area contributed by atoms with E-state index in [9.17, 15) is 9.59 Å². The van der Waals surface area contributed by atoms with Gasteiger partial charge in [0.25, 0.3) is 0 Å². The summed E-state index contributed by atoms with van der Waals surface area (Å²) >= 11 is 0. The SMILES string of the molecule is CCOC(=O)CC1(C)OCC(COC(=O)C(C)(C)C)O1. The first-order valence-corrected chi connectivity index (χ1v) is 6.81. The smallest absolute Gasteiger partial charge is 0.311 e. The summed E-state index contributed by atoms with van der Waals surface area (Å²) in [4.78, 5) is 23.1. The van der Waals surface area contributed by atoms with Crippen molar-refractivity contribution in [3.63, 3.8) is 0 Å². The molecule has 0 spiro atoms. The van der Waals surface area contributed by atoms with Crippen molar-refractivity contribution in [2.75, 3.05) is 19.8 Å². The minimum Gasteiger partial charge on any atom is -0.466 e. The van der Waals surface area contributed by atoms with Crippen molar-refractivity contribution in [2.45, 2.75) is 52.9 Å². The molecular weight excluding hydrogens is 264 g/mol. The van der Waals surface area contributed by atoms with Crippen molar-refractivity contribution >= 4 is 11.9 Å². The van der Waals surface area contributed by atoms with E-state index in [0.29, 0.717) is 6.61 Å². The number of rotatable bonds is 5. The topological polar surface area (TPSA) is 71.1 Å². The molecule has 0 aliphatic carbocycles. The molecule has 0 bridgehead atoms. The Hall–Kier alpha value is -1.14. The third kappa shape index (κ3) is 5.09. The third-order valence-electron chi connectivity index (χ3n) is 2.77. The average Bonchev–Trinajstić information content (AvgIpc) is 2.66. The Morgan fingerprint density at radius 2 is 1.95 bits per heavy atom. The lowest BCUT2D eigenvalue weighted by atomic mass is 9.97. The van der Waals surface area contributed by atoms with Crippen LogP contribution in [0.2, 0.25) is 0 Å². The highest BCUT2D eigenvalue weighted by Gasteiger charge is 2.40. The summed E-state index contributed by atoms with van der Waals surface area (Å²) in [6, 6.07) is 0. The van der Waals surface area contributed by atoms with Gasteiger partial charge < -0.3 is 18.9 Å². The molecule has 0 aromatic rings. The second-order valence-electron chi connectivity index (χ2n) is 6.01. The molecule has 2 atom stereocenters. The van der Waals surface area contributed by atoms with E-state index in [2.05, 4.69) is 0 Å². The maximum atomic E-state index is 11.7. The van der Waals surface area contributed by atoms with E-state index in [1.54, 1.807) is 34.6 Å². The minimum atomic E-state index is -1.01. The quantitative estimate of drug-likeness (QED) is 0.716. The van der Waals surface area contributed by atoms with Gasteiger partial charge in [0.05, 0.1) is 25.0 Å². The van der Waals surface area contributed by atoms with Crippen molar-refractivity contribution in [3.8, 4) is 0 Å². The molecule has 1 rings (SSSR count). The molecule has 0 aromatic heterocycles. The maximum Gasteiger partial charge on any atom is 0.311 e. The van der Waals surface area contributed by atoms with Gasteiger partial charge in [0.1, 0.15) is 12.7 Å². The number of carbonyl (C=O) groups is 2. The fourth-order valence-electron chi connectivity index (χ4n) is 1.72. The van der Waals surface area contributed by atoms with Crippen LogP contribution in [0.1, 0.15) is 41.0 Å². The Labute approximate surface area is 119 Å². The van der Waals surface area contributed by atoms with Crippen molar-refractivity contribution in [3.05, 3.63) is 0 Å². The molecule has 6 nitrogen and oxygen atoms in total. The summed E-state index contributed by atoms with van der Waals surface area (Å²) in [5.41, 5.74) is -0.548. The number of carbonyl (C=O) groups excluding carboxylic acids is 2. The van der Waals surface area contributed by atoms with Gasteiger partial charge in [-0.05, 0) is 34.6 Å². The van der Waals surface area contributed by atoms with E-state index in [1.807, 2.05) is 0 Å². The Morgan fingerprint density at radius 1 is 1.30 bits per heavy atom. The number of ether oxygens (including phenoxy) is 4. The summed E-state index contributed by atoms with van der Waals surface area (Å²) < 4.78 is 21.1. The molecule has 0 radical (unpaired) electrons. The van der Waals surface area contributed by atoms with Crippen LogP contribution in [0.15, 0.2) is 0 Å². The molecule has 20 heavy (non-hydrogen) atoms. The van der Waals surface area contributed by atoms with Gasteiger partial charge in [0, 0.05) is 0 Å². The summed E-state index contributed by atoms with van der Waals surface area (Å²) in [7, 11) is 0. The first-order valence-electron chi connectivity index (χ1n) is 6.81. The Morgan fingerprint density at radius 3 is 2.50 bits per heavy atom. The van der Waals surface area contributed by atoms with E-state index in [-0.39, 0.29) is 37.7 Å². The Bertz CT molecular complexity index is 359. The predicted molar refractivity (Wildman–Crippen MR) is 70.9 cm³/mol. The number of esters is 2. The zero-order valence-electron chi connectivity index (χ0n) is 12.9. The second-order valence-corrected chi connectivity index (χ2v) is 6.01. The minimum absolute atomic E-state index is 0.0184.